The maximum atomic E-state index is 12.6. The van der Waals surface area contributed by atoms with Crippen LogP contribution in [0, 0.1) is 0 Å². The molecular formula is C18H20ClN3O6S. The molecule has 0 saturated heterocycles. The van der Waals surface area contributed by atoms with E-state index in [4.69, 9.17) is 21.1 Å². The van der Waals surface area contributed by atoms with Gasteiger partial charge in [-0.1, -0.05) is 17.7 Å². The van der Waals surface area contributed by atoms with Gasteiger partial charge in [-0.15, -0.1) is 0 Å². The molecule has 11 heteroatoms. The van der Waals surface area contributed by atoms with Crippen LogP contribution in [0.2, 0.25) is 5.02 Å². The zero-order valence-corrected chi connectivity index (χ0v) is 17.5. The fourth-order valence-corrected chi connectivity index (χ4v) is 3.77. The van der Waals surface area contributed by atoms with Gasteiger partial charge < -0.3 is 14.6 Å². The lowest BCUT2D eigenvalue weighted by atomic mass is 10.2. The Morgan fingerprint density at radius 1 is 1.24 bits per heavy atom. The van der Waals surface area contributed by atoms with Crippen LogP contribution >= 0.6 is 11.6 Å². The smallest absolute Gasteiger partial charge is 0.255 e. The van der Waals surface area contributed by atoms with Gasteiger partial charge in [-0.05, 0) is 30.3 Å². The number of nitrogens with zero attached hydrogens (tertiary/aromatic N) is 2. The predicted molar refractivity (Wildman–Crippen MR) is 108 cm³/mol. The molecule has 2 N–H and O–H groups in total. The van der Waals surface area contributed by atoms with Crippen LogP contribution in [-0.4, -0.2) is 57.8 Å². The molecule has 0 aromatic heterocycles. The summed E-state index contributed by atoms with van der Waals surface area (Å²) < 4.78 is 36.0. The molecule has 9 nitrogen and oxygen atoms in total. The maximum absolute atomic E-state index is 12.6. The second-order valence-electron chi connectivity index (χ2n) is 5.75. The number of methoxy groups -OCH3 is 2. The van der Waals surface area contributed by atoms with E-state index in [0.29, 0.717) is 11.3 Å². The van der Waals surface area contributed by atoms with Crippen molar-refractivity contribution < 1.29 is 27.8 Å². The second kappa shape index (κ2) is 9.59. The number of hydrogen-bond donors (Lipinski definition) is 2. The van der Waals surface area contributed by atoms with Crippen molar-refractivity contribution in [3.8, 4) is 17.2 Å². The normalized spacial score (nSPS) is 11.6. The largest absolute Gasteiger partial charge is 0.504 e. The molecule has 0 heterocycles. The Balaban J connectivity index is 2.04. The highest BCUT2D eigenvalue weighted by Gasteiger charge is 2.24. The third-order valence-corrected chi connectivity index (χ3v) is 5.94. The molecule has 1 amide bonds. The van der Waals surface area contributed by atoms with E-state index in [0.717, 1.165) is 4.31 Å². The molecule has 0 spiro atoms. The highest BCUT2D eigenvalue weighted by Crippen LogP contribution is 2.28. The van der Waals surface area contributed by atoms with Crippen molar-refractivity contribution in [2.24, 2.45) is 5.10 Å². The Kier molecular flexibility index (Phi) is 7.43. The Hall–Kier alpha value is -2.82. The van der Waals surface area contributed by atoms with Gasteiger partial charge in [-0.2, -0.15) is 9.41 Å². The summed E-state index contributed by atoms with van der Waals surface area (Å²) in [6, 6.07) is 8.77. The average molecular weight is 442 g/mol. The van der Waals surface area contributed by atoms with Crippen LogP contribution in [0.25, 0.3) is 0 Å². The fraction of sp³-hybridized carbons (Fsp3) is 0.222. The molecule has 2 aromatic rings. The standard InChI is InChI=1S/C18H20ClN3O6S/c1-22(29(25,26)13-7-8-15(27-2)14(19)9-13)11-17(23)21-20-10-12-5-4-6-16(28-3)18(12)24/h4-10,24H,11H2,1-3H3,(H,21,23). The van der Waals surface area contributed by atoms with E-state index in [1.807, 2.05) is 0 Å². The number of ether oxygens (including phenoxy) is 2. The molecule has 156 valence electrons. The van der Waals surface area contributed by atoms with Gasteiger partial charge in [0.05, 0.1) is 36.9 Å². The molecule has 0 radical (unpaired) electrons. The first-order valence-corrected chi connectivity index (χ1v) is 10.00. The van der Waals surface area contributed by atoms with Gasteiger partial charge >= 0.3 is 0 Å². The summed E-state index contributed by atoms with van der Waals surface area (Å²) in [4.78, 5) is 12.0. The molecule has 0 atom stereocenters. The van der Waals surface area contributed by atoms with Crippen LogP contribution < -0.4 is 14.9 Å². The lowest BCUT2D eigenvalue weighted by Gasteiger charge is -2.16. The summed E-state index contributed by atoms with van der Waals surface area (Å²) in [7, 11) is 0.125. The van der Waals surface area contributed by atoms with Crippen LogP contribution in [0.4, 0.5) is 0 Å². The molecule has 29 heavy (non-hydrogen) atoms. The minimum Gasteiger partial charge on any atom is -0.504 e. The predicted octanol–water partition coefficient (Wildman–Crippen LogP) is 1.83. The third kappa shape index (κ3) is 5.37. The van der Waals surface area contributed by atoms with Crippen LogP contribution in [0.15, 0.2) is 46.4 Å². The fourth-order valence-electron chi connectivity index (χ4n) is 2.29. The van der Waals surface area contributed by atoms with E-state index in [9.17, 15) is 18.3 Å². The molecule has 0 bridgehead atoms. The summed E-state index contributed by atoms with van der Waals surface area (Å²) in [5.41, 5.74) is 2.52. The van der Waals surface area contributed by atoms with E-state index in [-0.39, 0.29) is 21.4 Å². The summed E-state index contributed by atoms with van der Waals surface area (Å²) in [6.07, 6.45) is 1.22. The number of halogens is 1. The van der Waals surface area contributed by atoms with Gasteiger partial charge in [0.1, 0.15) is 5.75 Å². The van der Waals surface area contributed by atoms with E-state index in [2.05, 4.69) is 10.5 Å². The third-order valence-electron chi connectivity index (χ3n) is 3.84. The van der Waals surface area contributed by atoms with Gasteiger partial charge in [0.15, 0.2) is 11.5 Å². The van der Waals surface area contributed by atoms with E-state index in [1.54, 1.807) is 18.2 Å². The zero-order chi connectivity index (χ0) is 21.6. The topological polar surface area (TPSA) is 118 Å². The SMILES string of the molecule is COc1ccc(S(=O)(=O)N(C)CC(=O)NN=Cc2cccc(OC)c2O)cc1Cl. The number of nitrogens with one attached hydrogen (secondary N) is 1. The molecule has 0 aliphatic rings. The van der Waals surface area contributed by atoms with Gasteiger partial charge in [-0.3, -0.25) is 4.79 Å². The van der Waals surface area contributed by atoms with Crippen molar-refractivity contribution in [3.63, 3.8) is 0 Å². The molecular weight excluding hydrogens is 422 g/mol. The van der Waals surface area contributed by atoms with Crippen molar-refractivity contribution in [1.29, 1.82) is 0 Å². The van der Waals surface area contributed by atoms with Crippen molar-refractivity contribution >= 4 is 33.7 Å². The Bertz CT molecular complexity index is 1030. The summed E-state index contributed by atoms with van der Waals surface area (Å²) in [5.74, 6) is -0.219. The van der Waals surface area contributed by atoms with E-state index in [1.165, 1.54) is 45.7 Å². The number of sulfonamides is 1. The number of carbonyl (C=O) groups excluding carboxylic acids is 1. The number of phenols is 1. The number of hydrogen-bond acceptors (Lipinski definition) is 7. The van der Waals surface area contributed by atoms with Gasteiger partial charge in [0.25, 0.3) is 5.91 Å². The number of benzene rings is 2. The van der Waals surface area contributed by atoms with Crippen LogP contribution in [0.3, 0.4) is 0 Å². The Morgan fingerprint density at radius 2 is 1.93 bits per heavy atom. The number of para-hydroxylation sites is 1. The summed E-state index contributed by atoms with van der Waals surface area (Å²) in [6.45, 7) is -0.479. The minimum atomic E-state index is -3.95. The lowest BCUT2D eigenvalue weighted by Crippen LogP contribution is -2.36. The molecule has 0 unspecified atom stereocenters. The highest BCUT2D eigenvalue weighted by molar-refractivity contribution is 7.89. The number of hydrazone groups is 1. The molecule has 0 fully saturated rings. The van der Waals surface area contributed by atoms with Crippen molar-refractivity contribution in [3.05, 3.63) is 47.0 Å². The first kappa shape index (κ1) is 22.5. The molecule has 0 aliphatic carbocycles. The number of carbonyl (C=O) groups is 1. The Labute approximate surface area is 173 Å². The first-order valence-electron chi connectivity index (χ1n) is 8.18. The van der Waals surface area contributed by atoms with E-state index < -0.39 is 22.5 Å². The number of phenolic OH excluding ortho intramolecular Hbond substituents is 1. The maximum Gasteiger partial charge on any atom is 0.255 e. The van der Waals surface area contributed by atoms with Gasteiger partial charge in [0.2, 0.25) is 10.0 Å². The molecule has 0 saturated carbocycles. The van der Waals surface area contributed by atoms with Gasteiger partial charge in [0, 0.05) is 12.6 Å². The van der Waals surface area contributed by atoms with Crippen LogP contribution in [0.5, 0.6) is 17.2 Å². The second-order valence-corrected chi connectivity index (χ2v) is 8.20. The van der Waals surface area contributed by atoms with E-state index >= 15 is 0 Å². The average Bonchev–Trinajstić information content (AvgIpc) is 2.69. The molecule has 2 aromatic carbocycles. The lowest BCUT2D eigenvalue weighted by molar-refractivity contribution is -0.121. The number of aromatic hydroxyl groups is 1. The van der Waals surface area contributed by atoms with Gasteiger partial charge in [-0.25, -0.2) is 13.8 Å². The van der Waals surface area contributed by atoms with Crippen molar-refractivity contribution in [1.82, 2.24) is 9.73 Å². The number of rotatable bonds is 8. The molecule has 2 rings (SSSR count). The first-order chi connectivity index (χ1) is 13.7. The quantitative estimate of drug-likeness (QED) is 0.476. The van der Waals surface area contributed by atoms with Crippen molar-refractivity contribution in [2.75, 3.05) is 27.8 Å². The van der Waals surface area contributed by atoms with Crippen LogP contribution in [-0.2, 0) is 14.8 Å². The Morgan fingerprint density at radius 3 is 2.55 bits per heavy atom. The molecule has 0 aliphatic heterocycles. The minimum absolute atomic E-state index is 0.0802. The monoisotopic (exact) mass is 441 g/mol. The van der Waals surface area contributed by atoms with Crippen molar-refractivity contribution in [2.45, 2.75) is 4.90 Å². The number of likely N-dealkylation sites (N-methyl/N-ethyl adjacent to an activating group) is 1. The van der Waals surface area contributed by atoms with Crippen LogP contribution in [0.1, 0.15) is 5.56 Å². The summed E-state index contributed by atoms with van der Waals surface area (Å²) >= 11 is 5.97. The highest BCUT2D eigenvalue weighted by atomic mass is 35.5. The number of amides is 1. The zero-order valence-electron chi connectivity index (χ0n) is 15.9. The summed E-state index contributed by atoms with van der Waals surface area (Å²) in [5, 5.41) is 13.8.